The number of H-pyrrole nitrogens is 1. The van der Waals surface area contributed by atoms with Crippen LogP contribution >= 0.6 is 15.9 Å². The molecular formula is C13H16BrN5O. The summed E-state index contributed by atoms with van der Waals surface area (Å²) in [6.45, 7) is 2.11. The highest BCUT2D eigenvalue weighted by Crippen LogP contribution is 2.38. The molecule has 3 heterocycles. The van der Waals surface area contributed by atoms with Crippen molar-refractivity contribution >= 4 is 21.7 Å². The lowest BCUT2D eigenvalue weighted by molar-refractivity contribution is 0.178. The van der Waals surface area contributed by atoms with Gasteiger partial charge in [0, 0.05) is 12.1 Å². The van der Waals surface area contributed by atoms with Crippen LogP contribution in [-0.4, -0.2) is 32.7 Å². The second kappa shape index (κ2) is 4.39. The first-order valence-corrected chi connectivity index (χ1v) is 7.83. The fourth-order valence-electron chi connectivity index (χ4n) is 3.59. The highest BCUT2D eigenvalue weighted by atomic mass is 79.9. The molecule has 20 heavy (non-hydrogen) atoms. The Hall–Kier alpha value is -1.21. The van der Waals surface area contributed by atoms with Crippen LogP contribution in [0.25, 0.3) is 5.78 Å². The molecular weight excluding hydrogens is 322 g/mol. The molecule has 106 valence electrons. The number of nitrogens with zero attached hydrogens (tertiary/aromatic N) is 3. The Labute approximate surface area is 124 Å². The van der Waals surface area contributed by atoms with Gasteiger partial charge in [-0.05, 0) is 60.0 Å². The van der Waals surface area contributed by atoms with Crippen molar-refractivity contribution in [2.45, 2.75) is 32.1 Å². The SMILES string of the molecule is O=c1c2c(nc3nc(Br)[nH]n13)CCC1(CCCNC1)C2. The summed E-state index contributed by atoms with van der Waals surface area (Å²) >= 11 is 3.26. The summed E-state index contributed by atoms with van der Waals surface area (Å²) in [5.74, 6) is 0.457. The molecule has 2 aliphatic rings. The van der Waals surface area contributed by atoms with E-state index in [1.807, 2.05) is 0 Å². The lowest BCUT2D eigenvalue weighted by Gasteiger charge is -2.40. The number of aromatic nitrogens is 4. The van der Waals surface area contributed by atoms with E-state index in [4.69, 9.17) is 0 Å². The van der Waals surface area contributed by atoms with Gasteiger partial charge in [0.15, 0.2) is 4.73 Å². The minimum Gasteiger partial charge on any atom is -0.316 e. The first-order chi connectivity index (χ1) is 9.67. The number of rotatable bonds is 0. The van der Waals surface area contributed by atoms with E-state index < -0.39 is 0 Å². The first kappa shape index (κ1) is 12.5. The Kier molecular flexibility index (Phi) is 2.75. The normalized spacial score (nSPS) is 26.1. The second-order valence-electron chi connectivity index (χ2n) is 5.95. The quantitative estimate of drug-likeness (QED) is 0.753. The van der Waals surface area contributed by atoms with Crippen molar-refractivity contribution < 1.29 is 0 Å². The van der Waals surface area contributed by atoms with Gasteiger partial charge in [0.25, 0.3) is 11.3 Å². The maximum atomic E-state index is 12.6. The van der Waals surface area contributed by atoms with Crippen molar-refractivity contribution in [3.05, 3.63) is 26.3 Å². The Bertz CT molecular complexity index is 728. The van der Waals surface area contributed by atoms with Gasteiger partial charge < -0.3 is 5.32 Å². The molecule has 1 atom stereocenters. The van der Waals surface area contributed by atoms with Crippen molar-refractivity contribution in [1.29, 1.82) is 0 Å². The highest BCUT2D eigenvalue weighted by Gasteiger charge is 2.37. The zero-order valence-corrected chi connectivity index (χ0v) is 12.7. The van der Waals surface area contributed by atoms with E-state index in [0.717, 1.165) is 43.6 Å². The van der Waals surface area contributed by atoms with Crippen LogP contribution in [0.15, 0.2) is 9.53 Å². The van der Waals surface area contributed by atoms with E-state index in [2.05, 4.69) is 36.3 Å². The van der Waals surface area contributed by atoms with E-state index in [1.165, 1.54) is 17.4 Å². The Balaban J connectivity index is 1.84. The van der Waals surface area contributed by atoms with Crippen LogP contribution in [0.4, 0.5) is 0 Å². The van der Waals surface area contributed by atoms with Gasteiger partial charge in [-0.25, -0.2) is 4.98 Å². The predicted octanol–water partition coefficient (Wildman–Crippen LogP) is 1.04. The molecule has 1 aliphatic heterocycles. The summed E-state index contributed by atoms with van der Waals surface area (Å²) in [5.41, 5.74) is 2.06. The first-order valence-electron chi connectivity index (χ1n) is 7.04. The minimum atomic E-state index is 0.00727. The third-order valence-electron chi connectivity index (χ3n) is 4.65. The van der Waals surface area contributed by atoms with Crippen molar-refractivity contribution in [3.63, 3.8) is 0 Å². The van der Waals surface area contributed by atoms with Crippen molar-refractivity contribution in [1.82, 2.24) is 24.9 Å². The Morgan fingerprint density at radius 1 is 1.30 bits per heavy atom. The average molecular weight is 338 g/mol. The van der Waals surface area contributed by atoms with E-state index in [-0.39, 0.29) is 11.0 Å². The molecule has 0 saturated carbocycles. The molecule has 1 saturated heterocycles. The minimum absolute atomic E-state index is 0.00727. The topological polar surface area (TPSA) is 75.1 Å². The molecule has 0 radical (unpaired) electrons. The standard InChI is InChI=1S/C13H16BrN5O/c14-11-17-12-16-9-2-4-13(3-1-5-15-7-13)6-8(9)10(20)19(12)18-11/h15H,1-7H2,(H,16,17,18). The highest BCUT2D eigenvalue weighted by molar-refractivity contribution is 9.10. The molecule has 6 nitrogen and oxygen atoms in total. The number of fused-ring (bicyclic) bond motifs is 2. The average Bonchev–Trinajstić information content (AvgIpc) is 2.82. The monoisotopic (exact) mass is 337 g/mol. The summed E-state index contributed by atoms with van der Waals surface area (Å²) in [6.07, 6.45) is 5.23. The number of hydrogen-bond donors (Lipinski definition) is 2. The molecule has 0 amide bonds. The van der Waals surface area contributed by atoms with Crippen LogP contribution in [0.3, 0.4) is 0 Å². The third kappa shape index (κ3) is 1.83. The van der Waals surface area contributed by atoms with Gasteiger partial charge in [0.2, 0.25) is 0 Å². The lowest BCUT2D eigenvalue weighted by Crippen LogP contribution is -2.45. The van der Waals surface area contributed by atoms with E-state index in [9.17, 15) is 4.79 Å². The maximum Gasteiger partial charge on any atom is 0.277 e. The number of aryl methyl sites for hydroxylation is 1. The Morgan fingerprint density at radius 3 is 3.00 bits per heavy atom. The summed E-state index contributed by atoms with van der Waals surface area (Å²) in [7, 11) is 0. The van der Waals surface area contributed by atoms with Crippen LogP contribution in [0, 0.1) is 5.41 Å². The van der Waals surface area contributed by atoms with Crippen LogP contribution < -0.4 is 10.9 Å². The zero-order valence-electron chi connectivity index (χ0n) is 11.1. The second-order valence-corrected chi connectivity index (χ2v) is 6.70. The van der Waals surface area contributed by atoms with Gasteiger partial charge >= 0.3 is 0 Å². The summed E-state index contributed by atoms with van der Waals surface area (Å²) in [4.78, 5) is 21.4. The molecule has 1 unspecified atom stereocenters. The van der Waals surface area contributed by atoms with E-state index in [0.29, 0.717) is 10.5 Å². The molecule has 7 heteroatoms. The van der Waals surface area contributed by atoms with Crippen molar-refractivity contribution in [3.8, 4) is 0 Å². The van der Waals surface area contributed by atoms with Gasteiger partial charge in [0.05, 0.1) is 5.69 Å². The summed E-state index contributed by atoms with van der Waals surface area (Å²) < 4.78 is 1.98. The lowest BCUT2D eigenvalue weighted by atomic mass is 9.69. The molecule has 4 rings (SSSR count). The van der Waals surface area contributed by atoms with E-state index in [1.54, 1.807) is 0 Å². The van der Waals surface area contributed by atoms with Gasteiger partial charge in [-0.1, -0.05) is 0 Å². The fraction of sp³-hybridized carbons (Fsp3) is 0.615. The molecule has 2 aromatic rings. The van der Waals surface area contributed by atoms with Gasteiger partial charge in [0.1, 0.15) is 0 Å². The number of aromatic amines is 1. The van der Waals surface area contributed by atoms with Crippen LogP contribution in [0.2, 0.25) is 0 Å². The van der Waals surface area contributed by atoms with Crippen molar-refractivity contribution in [2.75, 3.05) is 13.1 Å². The predicted molar refractivity (Wildman–Crippen MR) is 77.9 cm³/mol. The number of nitrogens with one attached hydrogen (secondary N) is 2. The summed E-state index contributed by atoms with van der Waals surface area (Å²) in [6, 6.07) is 0. The molecule has 0 aromatic carbocycles. The smallest absolute Gasteiger partial charge is 0.277 e. The number of piperidine rings is 1. The Morgan fingerprint density at radius 2 is 2.20 bits per heavy atom. The molecule has 2 N–H and O–H groups in total. The van der Waals surface area contributed by atoms with Gasteiger partial charge in [-0.2, -0.15) is 9.50 Å². The molecule has 1 spiro atoms. The number of halogens is 1. The van der Waals surface area contributed by atoms with Crippen LogP contribution in [0.1, 0.15) is 30.5 Å². The fourth-order valence-corrected chi connectivity index (χ4v) is 3.93. The maximum absolute atomic E-state index is 12.6. The molecule has 2 aromatic heterocycles. The third-order valence-corrected chi connectivity index (χ3v) is 5.01. The molecule has 1 aliphatic carbocycles. The van der Waals surface area contributed by atoms with Crippen LogP contribution in [0.5, 0.6) is 0 Å². The number of hydrogen-bond acceptors (Lipinski definition) is 4. The van der Waals surface area contributed by atoms with Crippen molar-refractivity contribution in [2.24, 2.45) is 5.41 Å². The molecule has 1 fully saturated rings. The van der Waals surface area contributed by atoms with Gasteiger partial charge in [-0.3, -0.25) is 9.89 Å². The van der Waals surface area contributed by atoms with E-state index >= 15 is 0 Å². The molecule has 0 bridgehead atoms. The van der Waals surface area contributed by atoms with Gasteiger partial charge in [-0.15, -0.1) is 0 Å². The summed E-state index contributed by atoms with van der Waals surface area (Å²) in [5, 5.41) is 6.38. The largest absolute Gasteiger partial charge is 0.316 e. The zero-order chi connectivity index (χ0) is 13.7. The van der Waals surface area contributed by atoms with Crippen LogP contribution in [-0.2, 0) is 12.8 Å².